The van der Waals surface area contributed by atoms with Crippen molar-refractivity contribution in [2.75, 3.05) is 7.11 Å². The Labute approximate surface area is 231 Å². The number of rotatable bonds is 5. The Morgan fingerprint density at radius 2 is 1.50 bits per heavy atom. The van der Waals surface area contributed by atoms with Crippen molar-refractivity contribution in [3.63, 3.8) is 0 Å². The van der Waals surface area contributed by atoms with Crippen molar-refractivity contribution in [2.24, 2.45) is 5.41 Å². The number of ether oxygens (including phenoxy) is 1. The zero-order chi connectivity index (χ0) is 26.7. The van der Waals surface area contributed by atoms with Gasteiger partial charge in [0.2, 0.25) is 0 Å². The minimum absolute atomic E-state index is 0.0235. The van der Waals surface area contributed by atoms with Crippen molar-refractivity contribution in [2.45, 2.75) is 81.4 Å². The fourth-order valence-corrected chi connectivity index (χ4v) is 8.45. The molecule has 1 spiro atoms. The number of hydrogen-bond donors (Lipinski definition) is 1. The molecule has 1 saturated carbocycles. The number of hydrogen-bond acceptors (Lipinski definition) is 3. The molecule has 0 bridgehead atoms. The monoisotopic (exact) mass is 522 g/mol. The van der Waals surface area contributed by atoms with Crippen molar-refractivity contribution in [3.8, 4) is 22.6 Å². The Balaban J connectivity index is 1.55. The van der Waals surface area contributed by atoms with Gasteiger partial charge in [-0.1, -0.05) is 80.9 Å². The molecule has 38 heavy (non-hydrogen) atoms. The summed E-state index contributed by atoms with van der Waals surface area (Å²) in [5, 5.41) is 13.5. The van der Waals surface area contributed by atoms with E-state index in [1.54, 1.807) is 18.9 Å². The number of fused-ring (bicyclic) bond motifs is 7. The van der Waals surface area contributed by atoms with E-state index < -0.39 is 0 Å². The third-order valence-corrected chi connectivity index (χ3v) is 11.3. The van der Waals surface area contributed by atoms with Crippen molar-refractivity contribution < 1.29 is 9.84 Å². The van der Waals surface area contributed by atoms with Crippen LogP contribution in [0, 0.1) is 19.3 Å². The van der Waals surface area contributed by atoms with Gasteiger partial charge in [0.1, 0.15) is 11.5 Å². The van der Waals surface area contributed by atoms with E-state index >= 15 is 0 Å². The van der Waals surface area contributed by atoms with Gasteiger partial charge in [-0.3, -0.25) is 0 Å². The van der Waals surface area contributed by atoms with Crippen LogP contribution < -0.4 is 4.74 Å². The van der Waals surface area contributed by atoms with Gasteiger partial charge in [-0.2, -0.15) is 0 Å². The van der Waals surface area contributed by atoms with E-state index in [-0.39, 0.29) is 5.41 Å². The second kappa shape index (κ2) is 9.38. The van der Waals surface area contributed by atoms with Crippen LogP contribution in [0.15, 0.2) is 70.5 Å². The Morgan fingerprint density at radius 1 is 0.816 bits per heavy atom. The lowest BCUT2D eigenvalue weighted by Gasteiger charge is -2.45. The summed E-state index contributed by atoms with van der Waals surface area (Å²) >= 11 is 1.72. The number of phenols is 1. The molecule has 4 aromatic rings. The normalized spacial score (nSPS) is 17.0. The van der Waals surface area contributed by atoms with E-state index in [0.717, 1.165) is 34.3 Å². The van der Waals surface area contributed by atoms with Crippen molar-refractivity contribution in [1.82, 2.24) is 0 Å². The lowest BCUT2D eigenvalue weighted by molar-refractivity contribution is 0.133. The number of methoxy groups -OCH3 is 1. The van der Waals surface area contributed by atoms with Crippen LogP contribution in [0.2, 0.25) is 0 Å². The number of benzene rings is 4. The summed E-state index contributed by atoms with van der Waals surface area (Å²) in [4.78, 5) is 2.27. The van der Waals surface area contributed by atoms with E-state index in [1.165, 1.54) is 64.0 Å². The van der Waals surface area contributed by atoms with Gasteiger partial charge in [-0.25, -0.2) is 0 Å². The molecule has 2 nitrogen and oxygen atoms in total. The molecule has 1 N–H and O–H groups in total. The van der Waals surface area contributed by atoms with Crippen molar-refractivity contribution in [3.05, 3.63) is 82.9 Å². The number of aryl methyl sites for hydroxylation is 2. The highest BCUT2D eigenvalue weighted by Gasteiger charge is 2.49. The summed E-state index contributed by atoms with van der Waals surface area (Å²) in [6.07, 6.45) is 7.25. The van der Waals surface area contributed by atoms with Gasteiger partial charge in [-0.05, 0) is 102 Å². The highest BCUT2D eigenvalue weighted by atomic mass is 32.2. The molecule has 0 aliphatic heterocycles. The zero-order valence-corrected chi connectivity index (χ0v) is 24.1. The van der Waals surface area contributed by atoms with Gasteiger partial charge in [-0.15, -0.1) is 0 Å². The van der Waals surface area contributed by atoms with Crippen LogP contribution in [0.5, 0.6) is 11.5 Å². The van der Waals surface area contributed by atoms with Gasteiger partial charge in [0.25, 0.3) is 0 Å². The van der Waals surface area contributed by atoms with E-state index in [2.05, 4.69) is 88.4 Å². The molecular formula is C35H38O2S. The van der Waals surface area contributed by atoms with Gasteiger partial charge < -0.3 is 9.84 Å². The van der Waals surface area contributed by atoms with Gasteiger partial charge in [0.15, 0.2) is 0 Å². The number of phenolic OH excluding ortho intramolecular Hbond substituents is 1. The van der Waals surface area contributed by atoms with E-state index in [0.29, 0.717) is 11.2 Å². The Morgan fingerprint density at radius 3 is 2.16 bits per heavy atom. The second-order valence-corrected chi connectivity index (χ2v) is 12.6. The molecule has 0 amide bonds. The molecule has 0 unspecified atom stereocenters. The van der Waals surface area contributed by atoms with E-state index in [1.807, 2.05) is 0 Å². The summed E-state index contributed by atoms with van der Waals surface area (Å²) in [5.74, 6) is 1.23. The molecule has 6 rings (SSSR count). The predicted octanol–water partition coefficient (Wildman–Crippen LogP) is 9.97. The van der Waals surface area contributed by atoms with Gasteiger partial charge in [0, 0.05) is 15.7 Å². The summed E-state index contributed by atoms with van der Waals surface area (Å²) in [6, 6.07) is 21.8. The van der Waals surface area contributed by atoms with Crippen LogP contribution in [-0.2, 0) is 5.41 Å². The fourth-order valence-electron chi connectivity index (χ4n) is 7.35. The minimum Gasteiger partial charge on any atom is -0.507 e. The van der Waals surface area contributed by atoms with Crippen LogP contribution in [0.25, 0.3) is 21.9 Å². The summed E-state index contributed by atoms with van der Waals surface area (Å²) in [6.45, 7) is 9.02. The third-order valence-electron chi connectivity index (χ3n) is 9.91. The maximum Gasteiger partial charge on any atom is 0.133 e. The van der Waals surface area contributed by atoms with Gasteiger partial charge in [0.05, 0.1) is 12.0 Å². The van der Waals surface area contributed by atoms with Crippen LogP contribution >= 0.6 is 11.8 Å². The largest absolute Gasteiger partial charge is 0.507 e. The smallest absolute Gasteiger partial charge is 0.133 e. The predicted molar refractivity (Wildman–Crippen MR) is 160 cm³/mol. The lowest BCUT2D eigenvalue weighted by atomic mass is 9.58. The standard InChI is InChI=1S/C35H38O2S/c1-6-34(7-2)15-17-35(18-16-34)27-14-9-8-13-24(27)32-26-19-30(37-5)31(20-25(26)29(36)21-28(32)35)38-33-22(3)11-10-12-23(33)4/h8-14,19-21,36H,6-7,15-18H2,1-5H3. The molecule has 2 aliphatic carbocycles. The van der Waals surface area contributed by atoms with Gasteiger partial charge >= 0.3 is 0 Å². The Hall–Kier alpha value is -2.91. The fraction of sp³-hybridized carbons (Fsp3) is 0.371. The molecular weight excluding hydrogens is 484 g/mol. The quantitative estimate of drug-likeness (QED) is 0.283. The number of aromatic hydroxyl groups is 1. The first-order valence-corrected chi connectivity index (χ1v) is 14.9. The second-order valence-electron chi connectivity index (χ2n) is 11.5. The molecule has 0 atom stereocenters. The average Bonchev–Trinajstić information content (AvgIpc) is 3.20. The highest BCUT2D eigenvalue weighted by Crippen LogP contribution is 2.62. The first-order valence-electron chi connectivity index (χ1n) is 14.1. The molecule has 0 aromatic heterocycles. The molecule has 0 heterocycles. The van der Waals surface area contributed by atoms with E-state index in [4.69, 9.17) is 4.74 Å². The SMILES string of the molecule is CCC1(CC)CCC2(CC1)c1ccccc1-c1c2cc(O)c2cc(Sc3c(C)cccc3C)c(OC)cc12. The Bertz CT molecular complexity index is 1520. The van der Waals surface area contributed by atoms with Crippen molar-refractivity contribution >= 4 is 22.5 Å². The molecule has 3 heteroatoms. The maximum absolute atomic E-state index is 11.5. The van der Waals surface area contributed by atoms with Crippen LogP contribution in [0.1, 0.15) is 74.6 Å². The van der Waals surface area contributed by atoms with Crippen LogP contribution in [-0.4, -0.2) is 12.2 Å². The first-order chi connectivity index (χ1) is 18.4. The third kappa shape index (κ3) is 3.69. The van der Waals surface area contributed by atoms with E-state index in [9.17, 15) is 5.11 Å². The minimum atomic E-state index is -0.0235. The highest BCUT2D eigenvalue weighted by molar-refractivity contribution is 7.99. The summed E-state index contributed by atoms with van der Waals surface area (Å²) in [7, 11) is 1.75. The first kappa shape index (κ1) is 25.4. The van der Waals surface area contributed by atoms with Crippen LogP contribution in [0.3, 0.4) is 0 Å². The molecule has 196 valence electrons. The molecule has 2 aliphatic rings. The lowest BCUT2D eigenvalue weighted by Crippen LogP contribution is -2.36. The topological polar surface area (TPSA) is 29.5 Å². The van der Waals surface area contributed by atoms with Crippen LogP contribution in [0.4, 0.5) is 0 Å². The van der Waals surface area contributed by atoms with Crippen molar-refractivity contribution in [1.29, 1.82) is 0 Å². The molecule has 4 aromatic carbocycles. The molecule has 0 saturated heterocycles. The summed E-state index contributed by atoms with van der Waals surface area (Å²) < 4.78 is 5.98. The maximum atomic E-state index is 11.5. The average molecular weight is 523 g/mol. The Kier molecular flexibility index (Phi) is 6.26. The zero-order valence-electron chi connectivity index (χ0n) is 23.3. The molecule has 1 fully saturated rings. The summed E-state index contributed by atoms with van der Waals surface area (Å²) in [5.41, 5.74) is 8.28. The molecule has 0 radical (unpaired) electrons.